The van der Waals surface area contributed by atoms with E-state index in [1.54, 1.807) is 5.56 Å². The van der Waals surface area contributed by atoms with Crippen LogP contribution < -0.4 is 0 Å². The van der Waals surface area contributed by atoms with Crippen LogP contribution in [0.4, 0.5) is 0 Å². The van der Waals surface area contributed by atoms with E-state index in [-0.39, 0.29) is 0 Å². The molecule has 1 aromatic carbocycles. The number of hydrogen-bond acceptors (Lipinski definition) is 0. The van der Waals surface area contributed by atoms with Crippen LogP contribution in [0.1, 0.15) is 51.2 Å². The molecule has 2 atom stereocenters. The number of benzene rings is 1. The molecular weight excluding hydrogens is 216 g/mol. The quantitative estimate of drug-likeness (QED) is 0.669. The molecule has 0 N–H and O–H groups in total. The highest BCUT2D eigenvalue weighted by atomic mass is 14.3. The van der Waals surface area contributed by atoms with Crippen molar-refractivity contribution >= 4 is 6.08 Å². The van der Waals surface area contributed by atoms with E-state index in [1.165, 1.54) is 31.2 Å². The molecule has 0 bridgehead atoms. The average Bonchev–Trinajstić information content (AvgIpc) is 2.55. The molecule has 0 heterocycles. The van der Waals surface area contributed by atoms with Crippen LogP contribution in [0.5, 0.6) is 0 Å². The zero-order chi connectivity index (χ0) is 13.0. The Kier molecular flexibility index (Phi) is 4.63. The molecule has 0 amide bonds. The molecule has 0 saturated carbocycles. The predicted molar refractivity (Wildman–Crippen MR) is 80.5 cm³/mol. The fourth-order valence-corrected chi connectivity index (χ4v) is 3.03. The van der Waals surface area contributed by atoms with Gasteiger partial charge in [-0.2, -0.15) is 0 Å². The van der Waals surface area contributed by atoms with Gasteiger partial charge in [0.05, 0.1) is 0 Å². The molecule has 0 aliphatic heterocycles. The highest BCUT2D eigenvalue weighted by Crippen LogP contribution is 2.32. The molecule has 0 fully saturated rings. The molecule has 0 spiro atoms. The van der Waals surface area contributed by atoms with Crippen molar-refractivity contribution in [3.8, 4) is 0 Å². The van der Waals surface area contributed by atoms with E-state index in [1.807, 2.05) is 0 Å². The Morgan fingerprint density at radius 1 is 1.22 bits per heavy atom. The van der Waals surface area contributed by atoms with Crippen molar-refractivity contribution in [2.24, 2.45) is 17.8 Å². The lowest BCUT2D eigenvalue weighted by molar-refractivity contribution is 0.333. The largest absolute Gasteiger partial charge is 0.0805 e. The normalized spacial score (nSPS) is 22.9. The maximum absolute atomic E-state index is 2.46. The molecule has 0 radical (unpaired) electrons. The molecule has 1 aliphatic carbocycles. The fraction of sp³-hybridized carbons (Fsp3) is 0.556. The zero-order valence-electron chi connectivity index (χ0n) is 12.0. The first kappa shape index (κ1) is 13.4. The Labute approximate surface area is 112 Å². The number of fused-ring (bicyclic) bond motifs is 1. The Morgan fingerprint density at radius 3 is 2.72 bits per heavy atom. The van der Waals surface area contributed by atoms with Gasteiger partial charge in [0, 0.05) is 0 Å². The standard InChI is InChI=1S/C18H26/c1-4-15-11-12-16-7-5-6-8-17(16)13-18(15)10-9-14(2)3/h5-8,11-12,14-15,18H,4,9-10,13H2,1-3H3. The second-order valence-corrected chi connectivity index (χ2v) is 6.07. The lowest BCUT2D eigenvalue weighted by atomic mass is 9.82. The Bertz CT molecular complexity index is 400. The summed E-state index contributed by atoms with van der Waals surface area (Å²) in [6.07, 6.45) is 10.1. The lowest BCUT2D eigenvalue weighted by Gasteiger charge is -2.23. The summed E-state index contributed by atoms with van der Waals surface area (Å²) in [6.45, 7) is 7.00. The zero-order valence-corrected chi connectivity index (χ0v) is 12.0. The molecule has 2 unspecified atom stereocenters. The monoisotopic (exact) mass is 242 g/mol. The third-order valence-corrected chi connectivity index (χ3v) is 4.25. The number of hydrogen-bond donors (Lipinski definition) is 0. The maximum atomic E-state index is 2.46. The van der Waals surface area contributed by atoms with Gasteiger partial charge in [-0.25, -0.2) is 0 Å². The Balaban J connectivity index is 2.16. The van der Waals surface area contributed by atoms with Gasteiger partial charge < -0.3 is 0 Å². The van der Waals surface area contributed by atoms with Crippen molar-refractivity contribution in [3.05, 3.63) is 41.5 Å². The van der Waals surface area contributed by atoms with E-state index >= 15 is 0 Å². The van der Waals surface area contributed by atoms with Crippen molar-refractivity contribution in [1.29, 1.82) is 0 Å². The second-order valence-electron chi connectivity index (χ2n) is 6.07. The van der Waals surface area contributed by atoms with Crippen molar-refractivity contribution in [3.63, 3.8) is 0 Å². The molecule has 1 aromatic rings. The van der Waals surface area contributed by atoms with Crippen molar-refractivity contribution < 1.29 is 0 Å². The average molecular weight is 242 g/mol. The van der Waals surface area contributed by atoms with Crippen molar-refractivity contribution in [1.82, 2.24) is 0 Å². The molecule has 98 valence electrons. The van der Waals surface area contributed by atoms with Gasteiger partial charge in [0.25, 0.3) is 0 Å². The lowest BCUT2D eigenvalue weighted by Crippen LogP contribution is -2.15. The van der Waals surface area contributed by atoms with E-state index in [0.29, 0.717) is 0 Å². The summed E-state index contributed by atoms with van der Waals surface area (Å²) in [7, 11) is 0. The summed E-state index contributed by atoms with van der Waals surface area (Å²) in [5.41, 5.74) is 2.97. The molecule has 2 rings (SSSR count). The van der Waals surface area contributed by atoms with Gasteiger partial charge in [-0.05, 0) is 48.1 Å². The summed E-state index contributed by atoms with van der Waals surface area (Å²) < 4.78 is 0. The third-order valence-electron chi connectivity index (χ3n) is 4.25. The maximum Gasteiger partial charge on any atom is -0.0201 e. The minimum absolute atomic E-state index is 0.760. The first-order valence-corrected chi connectivity index (χ1v) is 7.46. The van der Waals surface area contributed by atoms with E-state index in [4.69, 9.17) is 0 Å². The fourth-order valence-electron chi connectivity index (χ4n) is 3.03. The summed E-state index contributed by atoms with van der Waals surface area (Å²) in [5.74, 6) is 2.42. The molecule has 18 heavy (non-hydrogen) atoms. The molecule has 0 aromatic heterocycles. The molecule has 0 nitrogen and oxygen atoms in total. The SMILES string of the molecule is CCC1C=Cc2ccccc2CC1CCC(C)C. The summed E-state index contributed by atoms with van der Waals surface area (Å²) in [4.78, 5) is 0. The first-order chi connectivity index (χ1) is 8.70. The Morgan fingerprint density at radius 2 is 2.00 bits per heavy atom. The van der Waals surface area contributed by atoms with Crippen LogP contribution in [0.25, 0.3) is 6.08 Å². The van der Waals surface area contributed by atoms with Crippen LogP contribution in [0.3, 0.4) is 0 Å². The molecule has 0 heteroatoms. The van der Waals surface area contributed by atoms with E-state index in [2.05, 4.69) is 57.2 Å². The molecule has 0 saturated heterocycles. The van der Waals surface area contributed by atoms with Gasteiger partial charge in [0.2, 0.25) is 0 Å². The van der Waals surface area contributed by atoms with Crippen LogP contribution in [0.15, 0.2) is 30.3 Å². The minimum atomic E-state index is 0.760. The molecule has 1 aliphatic rings. The topological polar surface area (TPSA) is 0 Å². The number of allylic oxidation sites excluding steroid dienone is 1. The van der Waals surface area contributed by atoms with Crippen molar-refractivity contribution in [2.45, 2.75) is 46.5 Å². The van der Waals surface area contributed by atoms with E-state index in [0.717, 1.165) is 17.8 Å². The van der Waals surface area contributed by atoms with Gasteiger partial charge in [-0.15, -0.1) is 0 Å². The van der Waals surface area contributed by atoms with Crippen molar-refractivity contribution in [2.75, 3.05) is 0 Å². The van der Waals surface area contributed by atoms with Gasteiger partial charge in [-0.1, -0.05) is 63.6 Å². The van der Waals surface area contributed by atoms with Gasteiger partial charge >= 0.3 is 0 Å². The molecular formula is C18H26. The van der Waals surface area contributed by atoms with E-state index < -0.39 is 0 Å². The van der Waals surface area contributed by atoms with Gasteiger partial charge in [0.15, 0.2) is 0 Å². The summed E-state index contributed by atoms with van der Waals surface area (Å²) in [5, 5.41) is 0. The van der Waals surface area contributed by atoms with Crippen LogP contribution >= 0.6 is 0 Å². The predicted octanol–water partition coefficient (Wildman–Crippen LogP) is 5.33. The smallest absolute Gasteiger partial charge is 0.0201 e. The highest BCUT2D eigenvalue weighted by molar-refractivity contribution is 5.55. The third kappa shape index (κ3) is 3.25. The van der Waals surface area contributed by atoms with Crippen LogP contribution in [-0.4, -0.2) is 0 Å². The summed E-state index contributed by atoms with van der Waals surface area (Å²) in [6, 6.07) is 8.89. The summed E-state index contributed by atoms with van der Waals surface area (Å²) >= 11 is 0. The van der Waals surface area contributed by atoms with Crippen LogP contribution in [-0.2, 0) is 6.42 Å². The van der Waals surface area contributed by atoms with Crippen LogP contribution in [0, 0.1) is 17.8 Å². The first-order valence-electron chi connectivity index (χ1n) is 7.46. The number of rotatable bonds is 4. The second kappa shape index (κ2) is 6.22. The highest BCUT2D eigenvalue weighted by Gasteiger charge is 2.21. The van der Waals surface area contributed by atoms with Crippen LogP contribution in [0.2, 0.25) is 0 Å². The Hall–Kier alpha value is -1.04. The van der Waals surface area contributed by atoms with Gasteiger partial charge in [0.1, 0.15) is 0 Å². The van der Waals surface area contributed by atoms with Gasteiger partial charge in [-0.3, -0.25) is 0 Å². The minimum Gasteiger partial charge on any atom is -0.0805 e. The van der Waals surface area contributed by atoms with E-state index in [9.17, 15) is 0 Å².